The smallest absolute Gasteiger partial charge is 0.246 e. The van der Waals surface area contributed by atoms with E-state index < -0.39 is 10.0 Å². The summed E-state index contributed by atoms with van der Waals surface area (Å²) < 4.78 is 32.4. The number of nitrogens with zero attached hydrogens (tertiary/aromatic N) is 2. The lowest BCUT2D eigenvalue weighted by atomic mass is 10.2. The standard InChI is InChI=1S/C13H21N3O3S/c1-10-13(7-12(8-14)19-10)20(17,18)16-6-5-15-4-2-3-11(15)9-16/h7,11H,2-6,8-9,14H2,1H3. The second-order valence-corrected chi connectivity index (χ2v) is 7.44. The Balaban J connectivity index is 1.86. The first kappa shape index (κ1) is 14.1. The second-order valence-electron chi connectivity index (χ2n) is 5.53. The zero-order valence-corrected chi connectivity index (χ0v) is 12.5. The molecule has 2 N–H and O–H groups in total. The Morgan fingerprint density at radius 1 is 1.40 bits per heavy atom. The lowest BCUT2D eigenvalue weighted by molar-refractivity contribution is 0.158. The van der Waals surface area contributed by atoms with Crippen LogP contribution >= 0.6 is 0 Å². The molecule has 2 saturated heterocycles. The van der Waals surface area contributed by atoms with Crippen molar-refractivity contribution in [3.05, 3.63) is 17.6 Å². The first-order valence-electron chi connectivity index (χ1n) is 7.06. The van der Waals surface area contributed by atoms with E-state index >= 15 is 0 Å². The van der Waals surface area contributed by atoms with E-state index in [-0.39, 0.29) is 11.4 Å². The Morgan fingerprint density at radius 3 is 2.90 bits per heavy atom. The molecule has 0 spiro atoms. The molecule has 0 aliphatic carbocycles. The van der Waals surface area contributed by atoms with Crippen molar-refractivity contribution < 1.29 is 12.8 Å². The van der Waals surface area contributed by atoms with E-state index in [1.165, 1.54) is 6.42 Å². The van der Waals surface area contributed by atoms with Gasteiger partial charge in [-0.05, 0) is 26.3 Å². The molecule has 2 aliphatic rings. The van der Waals surface area contributed by atoms with Gasteiger partial charge in [-0.25, -0.2) is 8.42 Å². The van der Waals surface area contributed by atoms with Crippen LogP contribution in [0.1, 0.15) is 24.4 Å². The van der Waals surface area contributed by atoms with Crippen molar-refractivity contribution in [3.8, 4) is 0 Å². The normalized spacial score (nSPS) is 25.0. The minimum absolute atomic E-state index is 0.215. The molecule has 6 nitrogen and oxygen atoms in total. The van der Waals surface area contributed by atoms with Crippen molar-refractivity contribution in [1.82, 2.24) is 9.21 Å². The third-order valence-corrected chi connectivity index (χ3v) is 6.26. The minimum Gasteiger partial charge on any atom is -0.464 e. The van der Waals surface area contributed by atoms with Gasteiger partial charge in [-0.15, -0.1) is 0 Å². The minimum atomic E-state index is -3.46. The summed E-state index contributed by atoms with van der Waals surface area (Å²) in [6.45, 7) is 4.96. The van der Waals surface area contributed by atoms with Crippen molar-refractivity contribution in [2.45, 2.75) is 37.2 Å². The van der Waals surface area contributed by atoms with Gasteiger partial charge in [0, 0.05) is 31.7 Å². The zero-order chi connectivity index (χ0) is 14.3. The molecule has 1 aromatic rings. The maximum Gasteiger partial charge on any atom is 0.246 e. The Labute approximate surface area is 119 Å². The van der Waals surface area contributed by atoms with Gasteiger partial charge in [0.25, 0.3) is 0 Å². The number of piperazine rings is 1. The second kappa shape index (κ2) is 5.14. The largest absolute Gasteiger partial charge is 0.464 e. The van der Waals surface area contributed by atoms with Crippen LogP contribution in [0.3, 0.4) is 0 Å². The van der Waals surface area contributed by atoms with E-state index in [1.807, 2.05) is 0 Å². The summed E-state index contributed by atoms with van der Waals surface area (Å²) in [6, 6.07) is 1.94. The number of hydrogen-bond acceptors (Lipinski definition) is 5. The predicted octanol–water partition coefficient (Wildman–Crippen LogP) is 0.515. The highest BCUT2D eigenvalue weighted by atomic mass is 32.2. The van der Waals surface area contributed by atoms with E-state index in [0.717, 1.165) is 19.5 Å². The summed E-state index contributed by atoms with van der Waals surface area (Å²) in [5.74, 6) is 0.944. The molecule has 112 valence electrons. The van der Waals surface area contributed by atoms with Gasteiger partial charge in [-0.2, -0.15) is 4.31 Å². The van der Waals surface area contributed by atoms with Crippen molar-refractivity contribution >= 4 is 10.0 Å². The first-order chi connectivity index (χ1) is 9.52. The zero-order valence-electron chi connectivity index (χ0n) is 11.7. The molecule has 2 aliphatic heterocycles. The van der Waals surface area contributed by atoms with Gasteiger partial charge in [0.2, 0.25) is 10.0 Å². The van der Waals surface area contributed by atoms with Crippen molar-refractivity contribution in [2.24, 2.45) is 5.73 Å². The molecule has 2 fully saturated rings. The number of aryl methyl sites for hydroxylation is 1. The fraction of sp³-hybridized carbons (Fsp3) is 0.692. The van der Waals surface area contributed by atoms with Gasteiger partial charge in [0.15, 0.2) is 0 Å². The van der Waals surface area contributed by atoms with Crippen molar-refractivity contribution in [1.29, 1.82) is 0 Å². The maximum atomic E-state index is 12.7. The summed E-state index contributed by atoms with van der Waals surface area (Å²) in [4.78, 5) is 2.66. The van der Waals surface area contributed by atoms with Crippen LogP contribution in [0.2, 0.25) is 0 Å². The van der Waals surface area contributed by atoms with E-state index in [4.69, 9.17) is 10.2 Å². The monoisotopic (exact) mass is 299 g/mol. The highest BCUT2D eigenvalue weighted by molar-refractivity contribution is 7.89. The average Bonchev–Trinajstić information content (AvgIpc) is 3.03. The van der Waals surface area contributed by atoms with Crippen LogP contribution in [0.4, 0.5) is 0 Å². The molecule has 0 bridgehead atoms. The summed E-state index contributed by atoms with van der Waals surface area (Å²) in [7, 11) is -3.46. The van der Waals surface area contributed by atoms with Gasteiger partial charge in [0.05, 0.1) is 6.54 Å². The molecule has 0 amide bonds. The van der Waals surface area contributed by atoms with Crippen LogP contribution < -0.4 is 5.73 Å². The molecule has 1 unspecified atom stereocenters. The maximum absolute atomic E-state index is 12.7. The summed E-state index contributed by atoms with van der Waals surface area (Å²) >= 11 is 0. The quantitative estimate of drug-likeness (QED) is 0.880. The number of furan rings is 1. The van der Waals surface area contributed by atoms with Crippen molar-refractivity contribution in [2.75, 3.05) is 26.2 Å². The van der Waals surface area contributed by atoms with Crippen LogP contribution in [0.5, 0.6) is 0 Å². The average molecular weight is 299 g/mol. The van der Waals surface area contributed by atoms with Gasteiger partial charge in [0.1, 0.15) is 16.4 Å². The van der Waals surface area contributed by atoms with Crippen molar-refractivity contribution in [3.63, 3.8) is 0 Å². The number of fused-ring (bicyclic) bond motifs is 1. The number of sulfonamides is 1. The van der Waals surface area contributed by atoms with Crippen LogP contribution in [-0.4, -0.2) is 49.8 Å². The Bertz CT molecular complexity index is 596. The van der Waals surface area contributed by atoms with Gasteiger partial charge < -0.3 is 10.2 Å². The molecule has 1 atom stereocenters. The van der Waals surface area contributed by atoms with E-state index in [9.17, 15) is 8.42 Å². The Morgan fingerprint density at radius 2 is 2.20 bits per heavy atom. The lowest BCUT2D eigenvalue weighted by Crippen LogP contribution is -2.51. The van der Waals surface area contributed by atoms with E-state index in [0.29, 0.717) is 30.7 Å². The van der Waals surface area contributed by atoms with Crippen LogP contribution in [-0.2, 0) is 16.6 Å². The topological polar surface area (TPSA) is 79.8 Å². The number of nitrogens with two attached hydrogens (primary N) is 1. The molecule has 3 heterocycles. The molecule has 1 aromatic heterocycles. The number of hydrogen-bond donors (Lipinski definition) is 1. The van der Waals surface area contributed by atoms with Gasteiger partial charge in [-0.3, -0.25) is 4.90 Å². The molecule has 7 heteroatoms. The highest BCUT2D eigenvalue weighted by Crippen LogP contribution is 2.28. The summed E-state index contributed by atoms with van der Waals surface area (Å²) in [5.41, 5.74) is 5.51. The fourth-order valence-corrected chi connectivity index (χ4v) is 4.85. The number of rotatable bonds is 3. The van der Waals surface area contributed by atoms with Crippen LogP contribution in [0.25, 0.3) is 0 Å². The van der Waals surface area contributed by atoms with Gasteiger partial charge >= 0.3 is 0 Å². The molecular formula is C13H21N3O3S. The van der Waals surface area contributed by atoms with E-state index in [2.05, 4.69) is 4.90 Å². The van der Waals surface area contributed by atoms with E-state index in [1.54, 1.807) is 17.3 Å². The Hall–Kier alpha value is -0.890. The summed E-state index contributed by atoms with van der Waals surface area (Å²) in [5, 5.41) is 0. The molecular weight excluding hydrogens is 278 g/mol. The lowest BCUT2D eigenvalue weighted by Gasteiger charge is -2.36. The third kappa shape index (κ3) is 2.28. The predicted molar refractivity (Wildman–Crippen MR) is 74.7 cm³/mol. The molecule has 0 aromatic carbocycles. The first-order valence-corrected chi connectivity index (χ1v) is 8.50. The molecule has 20 heavy (non-hydrogen) atoms. The molecule has 3 rings (SSSR count). The molecule has 0 saturated carbocycles. The molecule has 0 radical (unpaired) electrons. The van der Waals surface area contributed by atoms with Crippen LogP contribution in [0, 0.1) is 6.92 Å². The summed E-state index contributed by atoms with van der Waals surface area (Å²) in [6.07, 6.45) is 2.26. The fourth-order valence-electron chi connectivity index (χ4n) is 3.20. The van der Waals surface area contributed by atoms with Crippen LogP contribution in [0.15, 0.2) is 15.4 Å². The third-order valence-electron chi connectivity index (χ3n) is 4.29. The Kier molecular flexibility index (Phi) is 3.62. The van der Waals surface area contributed by atoms with Gasteiger partial charge in [-0.1, -0.05) is 0 Å². The highest BCUT2D eigenvalue weighted by Gasteiger charge is 2.37. The SMILES string of the molecule is Cc1oc(CN)cc1S(=O)(=O)N1CCN2CCCC2C1.